The third kappa shape index (κ3) is 5.28. The summed E-state index contributed by atoms with van der Waals surface area (Å²) in [7, 11) is 0. The van der Waals surface area contributed by atoms with Gasteiger partial charge < -0.3 is 14.2 Å². The van der Waals surface area contributed by atoms with E-state index in [1.807, 2.05) is 6.08 Å². The van der Waals surface area contributed by atoms with E-state index in [-0.39, 0.29) is 18.7 Å². The molecule has 3 aliphatic carbocycles. The van der Waals surface area contributed by atoms with Crippen LogP contribution in [-0.4, -0.2) is 25.5 Å². The normalized spacial score (nSPS) is 32.3. The molecule has 0 N–H and O–H groups in total. The number of esters is 1. The first-order valence-electron chi connectivity index (χ1n) is 12.8. The number of hydrogen-bond donors (Lipinski definition) is 0. The molecular formula is C28H40O4. The second kappa shape index (κ2) is 10.5. The Bertz CT molecular complexity index is 749. The summed E-state index contributed by atoms with van der Waals surface area (Å²) in [5.74, 6) is -0.361. The van der Waals surface area contributed by atoms with E-state index in [1.165, 1.54) is 63.0 Å². The standard InChI is InChI=1S/C28H40O4/c1-3-5-6-7-8-25(29)32-26-21-30-24(20-31-26)22-9-11-23(12-10-22)28-17-14-27(13-4-2,15-18-28)16-19-28/h7-12,24,26H,3-6,13-21H2,1-2H3/t24-,26-,27?,28?/m1/s1. The maximum atomic E-state index is 11.9. The molecule has 0 amide bonds. The van der Waals surface area contributed by atoms with Crippen molar-refractivity contribution in [3.63, 3.8) is 0 Å². The van der Waals surface area contributed by atoms with Crippen LogP contribution in [-0.2, 0) is 24.4 Å². The first-order valence-corrected chi connectivity index (χ1v) is 12.8. The Hall–Kier alpha value is -1.65. The maximum Gasteiger partial charge on any atom is 0.332 e. The first-order chi connectivity index (χ1) is 15.6. The Morgan fingerprint density at radius 1 is 1.00 bits per heavy atom. The second-order valence-corrected chi connectivity index (χ2v) is 10.2. The molecule has 5 rings (SSSR count). The average Bonchev–Trinajstić information content (AvgIpc) is 2.84. The summed E-state index contributed by atoms with van der Waals surface area (Å²) < 4.78 is 17.1. The molecule has 1 saturated heterocycles. The zero-order valence-corrected chi connectivity index (χ0v) is 19.9. The third-order valence-corrected chi connectivity index (χ3v) is 8.17. The molecule has 0 radical (unpaired) electrons. The zero-order chi connectivity index (χ0) is 22.4. The summed E-state index contributed by atoms with van der Waals surface area (Å²) >= 11 is 0. The van der Waals surface area contributed by atoms with Gasteiger partial charge in [-0.15, -0.1) is 0 Å². The molecule has 2 bridgehead atoms. The molecule has 176 valence electrons. The van der Waals surface area contributed by atoms with Gasteiger partial charge in [0, 0.05) is 6.08 Å². The molecule has 0 aromatic heterocycles. The molecule has 0 unspecified atom stereocenters. The lowest BCUT2D eigenvalue weighted by molar-refractivity contribution is -0.230. The van der Waals surface area contributed by atoms with E-state index in [2.05, 4.69) is 38.1 Å². The second-order valence-electron chi connectivity index (χ2n) is 10.2. The van der Waals surface area contributed by atoms with Crippen molar-refractivity contribution in [3.8, 4) is 0 Å². The molecule has 1 heterocycles. The van der Waals surface area contributed by atoms with E-state index in [0.29, 0.717) is 17.4 Å². The van der Waals surface area contributed by atoms with Crippen LogP contribution in [0, 0.1) is 5.41 Å². The van der Waals surface area contributed by atoms with E-state index >= 15 is 0 Å². The fourth-order valence-electron chi connectivity index (χ4n) is 6.07. The molecule has 32 heavy (non-hydrogen) atoms. The molecule has 0 spiro atoms. The average molecular weight is 441 g/mol. The predicted molar refractivity (Wildman–Crippen MR) is 126 cm³/mol. The number of benzene rings is 1. The van der Waals surface area contributed by atoms with Gasteiger partial charge in [-0.2, -0.15) is 0 Å². The van der Waals surface area contributed by atoms with Crippen LogP contribution >= 0.6 is 0 Å². The molecule has 4 heteroatoms. The smallest absolute Gasteiger partial charge is 0.332 e. The Labute approximate surface area is 193 Å². The SMILES string of the molecule is CCCCC=CC(=O)O[C@@H]1CO[C@@H](c2ccc(C34CCC(CCC)(CC3)CC4)cc2)CO1. The van der Waals surface area contributed by atoms with Crippen LogP contribution in [0.5, 0.6) is 0 Å². The van der Waals surface area contributed by atoms with Crippen LogP contribution in [0.1, 0.15) is 102 Å². The van der Waals surface area contributed by atoms with Crippen molar-refractivity contribution in [2.24, 2.45) is 5.41 Å². The molecule has 1 aromatic rings. The van der Waals surface area contributed by atoms with Gasteiger partial charge in [-0.3, -0.25) is 0 Å². The fraction of sp³-hybridized carbons (Fsp3) is 0.679. The van der Waals surface area contributed by atoms with Crippen LogP contribution in [0.25, 0.3) is 0 Å². The lowest BCUT2D eigenvalue weighted by atomic mass is 9.51. The summed E-state index contributed by atoms with van der Waals surface area (Å²) in [6.07, 6.45) is 16.7. The molecule has 3 saturated carbocycles. The van der Waals surface area contributed by atoms with Gasteiger partial charge in [-0.25, -0.2) is 4.79 Å². The van der Waals surface area contributed by atoms with Crippen LogP contribution in [0.4, 0.5) is 0 Å². The molecule has 1 aromatic carbocycles. The van der Waals surface area contributed by atoms with Gasteiger partial charge in [-0.1, -0.05) is 63.5 Å². The van der Waals surface area contributed by atoms with Gasteiger partial charge in [0.1, 0.15) is 12.7 Å². The topological polar surface area (TPSA) is 44.8 Å². The summed E-state index contributed by atoms with van der Waals surface area (Å²) in [5, 5.41) is 0. The number of rotatable bonds is 9. The van der Waals surface area contributed by atoms with E-state index < -0.39 is 6.29 Å². The van der Waals surface area contributed by atoms with Crippen molar-refractivity contribution in [1.82, 2.24) is 0 Å². The van der Waals surface area contributed by atoms with Crippen molar-refractivity contribution in [3.05, 3.63) is 47.5 Å². The van der Waals surface area contributed by atoms with E-state index in [4.69, 9.17) is 14.2 Å². The first kappa shape index (κ1) is 23.5. The highest BCUT2D eigenvalue weighted by atomic mass is 16.7. The fourth-order valence-corrected chi connectivity index (χ4v) is 6.07. The van der Waals surface area contributed by atoms with E-state index in [0.717, 1.165) is 24.8 Å². The minimum Gasteiger partial charge on any atom is -0.430 e. The zero-order valence-electron chi connectivity index (χ0n) is 19.9. The van der Waals surface area contributed by atoms with Gasteiger partial charge in [0.2, 0.25) is 6.29 Å². The molecule has 2 atom stereocenters. The van der Waals surface area contributed by atoms with Crippen molar-refractivity contribution in [1.29, 1.82) is 0 Å². The monoisotopic (exact) mass is 440 g/mol. The van der Waals surface area contributed by atoms with Gasteiger partial charge in [0.25, 0.3) is 0 Å². The molecule has 1 aliphatic heterocycles. The molecular weight excluding hydrogens is 400 g/mol. The summed E-state index contributed by atoms with van der Waals surface area (Å²) in [6, 6.07) is 9.07. The Morgan fingerprint density at radius 2 is 1.72 bits per heavy atom. The van der Waals surface area contributed by atoms with Crippen molar-refractivity contribution in [2.75, 3.05) is 13.2 Å². The van der Waals surface area contributed by atoms with E-state index in [1.54, 1.807) is 0 Å². The van der Waals surface area contributed by atoms with Gasteiger partial charge in [0.15, 0.2) is 0 Å². The number of carbonyl (C=O) groups is 1. The quantitative estimate of drug-likeness (QED) is 0.241. The number of allylic oxidation sites excluding steroid dienone is 1. The number of unbranched alkanes of at least 4 members (excludes halogenated alkanes) is 2. The Kier molecular flexibility index (Phi) is 7.73. The minimum atomic E-state index is -0.624. The molecule has 4 nitrogen and oxygen atoms in total. The highest BCUT2D eigenvalue weighted by molar-refractivity contribution is 5.81. The Morgan fingerprint density at radius 3 is 2.31 bits per heavy atom. The maximum absolute atomic E-state index is 11.9. The van der Waals surface area contributed by atoms with Crippen molar-refractivity contribution >= 4 is 5.97 Å². The third-order valence-electron chi connectivity index (χ3n) is 8.17. The number of carbonyl (C=O) groups excluding carboxylic acids is 1. The predicted octanol–water partition coefficient (Wildman–Crippen LogP) is 6.78. The summed E-state index contributed by atoms with van der Waals surface area (Å²) in [5.41, 5.74) is 3.68. The van der Waals surface area contributed by atoms with Gasteiger partial charge >= 0.3 is 5.97 Å². The summed E-state index contributed by atoms with van der Waals surface area (Å²) in [6.45, 7) is 5.14. The summed E-state index contributed by atoms with van der Waals surface area (Å²) in [4.78, 5) is 11.9. The number of fused-ring (bicyclic) bond motifs is 3. The van der Waals surface area contributed by atoms with Crippen LogP contribution in [0.2, 0.25) is 0 Å². The number of ether oxygens (including phenoxy) is 3. The van der Waals surface area contributed by atoms with E-state index in [9.17, 15) is 4.79 Å². The number of hydrogen-bond acceptors (Lipinski definition) is 4. The Balaban J connectivity index is 1.27. The van der Waals surface area contributed by atoms with Crippen molar-refractivity contribution < 1.29 is 19.0 Å². The van der Waals surface area contributed by atoms with Gasteiger partial charge in [-0.05, 0) is 73.3 Å². The molecule has 4 fully saturated rings. The van der Waals surface area contributed by atoms with Crippen LogP contribution < -0.4 is 0 Å². The van der Waals surface area contributed by atoms with Crippen molar-refractivity contribution in [2.45, 2.75) is 102 Å². The molecule has 4 aliphatic rings. The largest absolute Gasteiger partial charge is 0.430 e. The van der Waals surface area contributed by atoms with Crippen LogP contribution in [0.15, 0.2) is 36.4 Å². The lowest BCUT2D eigenvalue weighted by Gasteiger charge is -2.54. The highest BCUT2D eigenvalue weighted by Gasteiger charge is 2.48. The minimum absolute atomic E-state index is 0.105. The van der Waals surface area contributed by atoms with Gasteiger partial charge in [0.05, 0.1) is 6.61 Å². The lowest BCUT2D eigenvalue weighted by Crippen LogP contribution is -2.44. The highest BCUT2D eigenvalue weighted by Crippen LogP contribution is 2.59. The van der Waals surface area contributed by atoms with Crippen LogP contribution in [0.3, 0.4) is 0 Å².